The number of alkyl halides is 1. The first-order valence-corrected chi connectivity index (χ1v) is 6.89. The predicted octanol–water partition coefficient (Wildman–Crippen LogP) is 1.35. The molecule has 0 bridgehead atoms. The van der Waals surface area contributed by atoms with Crippen LogP contribution < -0.4 is 4.72 Å². The van der Waals surface area contributed by atoms with Crippen molar-refractivity contribution in [1.82, 2.24) is 4.72 Å². The first-order valence-electron chi connectivity index (χ1n) is 3.88. The van der Waals surface area contributed by atoms with Crippen LogP contribution in [0.1, 0.15) is 20.3 Å². The molecule has 0 amide bonds. The van der Waals surface area contributed by atoms with Gasteiger partial charge in [-0.2, -0.15) is 0 Å². The zero-order chi connectivity index (χ0) is 9.78. The van der Waals surface area contributed by atoms with E-state index in [4.69, 9.17) is 0 Å². The number of halogens is 1. The van der Waals surface area contributed by atoms with Crippen LogP contribution in [0.3, 0.4) is 0 Å². The van der Waals surface area contributed by atoms with Gasteiger partial charge < -0.3 is 0 Å². The van der Waals surface area contributed by atoms with E-state index in [2.05, 4.69) is 34.5 Å². The highest BCUT2D eigenvalue weighted by molar-refractivity contribution is 9.09. The molecule has 0 radical (unpaired) electrons. The fraction of sp³-hybridized carbons (Fsp3) is 1.00. The van der Waals surface area contributed by atoms with Gasteiger partial charge in [0.25, 0.3) is 0 Å². The van der Waals surface area contributed by atoms with Crippen molar-refractivity contribution in [1.29, 1.82) is 0 Å². The minimum Gasteiger partial charge on any atom is -0.213 e. The second-order valence-corrected chi connectivity index (χ2v) is 5.80. The highest BCUT2D eigenvalue weighted by atomic mass is 79.9. The molecule has 0 aliphatic rings. The van der Waals surface area contributed by atoms with Crippen molar-refractivity contribution >= 4 is 26.0 Å². The summed E-state index contributed by atoms with van der Waals surface area (Å²) in [6.45, 7) is 4.14. The van der Waals surface area contributed by atoms with Gasteiger partial charge in [0.05, 0.1) is 6.26 Å². The second kappa shape index (κ2) is 5.19. The van der Waals surface area contributed by atoms with Crippen LogP contribution in [-0.2, 0) is 10.0 Å². The number of sulfonamides is 1. The lowest BCUT2D eigenvalue weighted by Gasteiger charge is -2.16. The minimum absolute atomic E-state index is 0.0139. The predicted molar refractivity (Wildman–Crippen MR) is 55.0 cm³/mol. The molecular weight excluding hydrogens is 242 g/mol. The third-order valence-corrected chi connectivity index (χ3v) is 2.87. The average molecular weight is 258 g/mol. The molecule has 0 spiro atoms. The van der Waals surface area contributed by atoms with Crippen LogP contribution in [0.2, 0.25) is 0 Å². The third-order valence-electron chi connectivity index (χ3n) is 1.32. The van der Waals surface area contributed by atoms with E-state index >= 15 is 0 Å². The quantitative estimate of drug-likeness (QED) is 0.756. The standard InChI is InChI=1S/C7H16BrNO2S/c1-6(2)4-7(5-8)9-12(3,10)11/h6-7,9H,4-5H2,1-3H3. The maximum atomic E-state index is 10.9. The third kappa shape index (κ3) is 7.06. The average Bonchev–Trinajstić information content (AvgIpc) is 1.82. The SMILES string of the molecule is CC(C)CC(CBr)NS(C)(=O)=O. The van der Waals surface area contributed by atoms with Gasteiger partial charge in [-0.1, -0.05) is 29.8 Å². The summed E-state index contributed by atoms with van der Waals surface area (Å²) in [6.07, 6.45) is 2.04. The van der Waals surface area contributed by atoms with Crippen LogP contribution in [0.4, 0.5) is 0 Å². The highest BCUT2D eigenvalue weighted by Gasteiger charge is 2.13. The summed E-state index contributed by atoms with van der Waals surface area (Å²) >= 11 is 3.27. The van der Waals surface area contributed by atoms with Crippen LogP contribution in [-0.4, -0.2) is 26.0 Å². The van der Waals surface area contributed by atoms with Gasteiger partial charge >= 0.3 is 0 Å². The fourth-order valence-electron chi connectivity index (χ4n) is 1.01. The van der Waals surface area contributed by atoms with Crippen molar-refractivity contribution in [3.05, 3.63) is 0 Å². The second-order valence-electron chi connectivity index (χ2n) is 3.37. The van der Waals surface area contributed by atoms with Crippen LogP contribution in [0.25, 0.3) is 0 Å². The summed E-state index contributed by atoms with van der Waals surface area (Å²) < 4.78 is 24.3. The Labute approximate surface area is 83.1 Å². The molecule has 0 heterocycles. The van der Waals surface area contributed by atoms with Crippen LogP contribution >= 0.6 is 15.9 Å². The monoisotopic (exact) mass is 257 g/mol. The normalized spacial score (nSPS) is 15.1. The summed E-state index contributed by atoms with van der Waals surface area (Å²) in [6, 6.07) is 0.0139. The Morgan fingerprint density at radius 1 is 1.42 bits per heavy atom. The van der Waals surface area contributed by atoms with Gasteiger partial charge in [0.2, 0.25) is 10.0 Å². The molecule has 0 aromatic carbocycles. The maximum Gasteiger partial charge on any atom is 0.208 e. The first kappa shape index (κ1) is 12.4. The van der Waals surface area contributed by atoms with Crippen molar-refractivity contribution in [2.75, 3.05) is 11.6 Å². The largest absolute Gasteiger partial charge is 0.213 e. The summed E-state index contributed by atoms with van der Waals surface area (Å²) in [7, 11) is -3.06. The molecule has 0 aliphatic heterocycles. The summed E-state index contributed by atoms with van der Waals surface area (Å²) in [5.41, 5.74) is 0. The van der Waals surface area contributed by atoms with Crippen LogP contribution in [0, 0.1) is 5.92 Å². The van der Waals surface area contributed by atoms with Crippen molar-refractivity contribution in [2.24, 2.45) is 5.92 Å². The molecule has 12 heavy (non-hydrogen) atoms. The smallest absolute Gasteiger partial charge is 0.208 e. The Morgan fingerprint density at radius 2 is 1.92 bits per heavy atom. The Bertz CT molecular complexity index is 213. The molecule has 0 saturated carbocycles. The van der Waals surface area contributed by atoms with E-state index in [-0.39, 0.29) is 6.04 Å². The molecule has 0 rings (SSSR count). The zero-order valence-corrected chi connectivity index (χ0v) is 10.1. The molecular formula is C7H16BrNO2S. The molecule has 1 unspecified atom stereocenters. The number of hydrogen-bond donors (Lipinski definition) is 1. The highest BCUT2D eigenvalue weighted by Crippen LogP contribution is 2.07. The Morgan fingerprint density at radius 3 is 2.17 bits per heavy atom. The van der Waals surface area contributed by atoms with Crippen LogP contribution in [0.5, 0.6) is 0 Å². The van der Waals surface area contributed by atoms with Crippen molar-refractivity contribution < 1.29 is 8.42 Å². The van der Waals surface area contributed by atoms with Gasteiger partial charge in [-0.05, 0) is 12.3 Å². The number of hydrogen-bond acceptors (Lipinski definition) is 2. The van der Waals surface area contributed by atoms with Gasteiger partial charge in [0, 0.05) is 11.4 Å². The van der Waals surface area contributed by atoms with Crippen molar-refractivity contribution in [3.8, 4) is 0 Å². The molecule has 0 aliphatic carbocycles. The lowest BCUT2D eigenvalue weighted by molar-refractivity contribution is 0.490. The molecule has 0 fully saturated rings. The van der Waals surface area contributed by atoms with Crippen molar-refractivity contribution in [3.63, 3.8) is 0 Å². The van der Waals surface area contributed by atoms with E-state index in [1.807, 2.05) is 0 Å². The van der Waals surface area contributed by atoms with Gasteiger partial charge in [0.15, 0.2) is 0 Å². The molecule has 0 aromatic rings. The summed E-state index contributed by atoms with van der Waals surface area (Å²) in [5.74, 6) is 0.502. The summed E-state index contributed by atoms with van der Waals surface area (Å²) in [5, 5.41) is 0.665. The Hall–Kier alpha value is 0.390. The lowest BCUT2D eigenvalue weighted by Crippen LogP contribution is -2.36. The minimum atomic E-state index is -3.06. The van der Waals surface area contributed by atoms with Crippen molar-refractivity contribution in [2.45, 2.75) is 26.3 Å². The van der Waals surface area contributed by atoms with Gasteiger partial charge in [-0.25, -0.2) is 13.1 Å². The zero-order valence-electron chi connectivity index (χ0n) is 7.67. The Kier molecular flexibility index (Phi) is 5.36. The molecule has 1 atom stereocenters. The first-order chi connectivity index (χ1) is 5.35. The van der Waals surface area contributed by atoms with Gasteiger partial charge in [-0.3, -0.25) is 0 Å². The van der Waals surface area contributed by atoms with E-state index in [1.54, 1.807) is 0 Å². The van der Waals surface area contributed by atoms with E-state index in [0.717, 1.165) is 6.42 Å². The molecule has 74 valence electrons. The van der Waals surface area contributed by atoms with E-state index in [9.17, 15) is 8.42 Å². The summed E-state index contributed by atoms with van der Waals surface area (Å²) in [4.78, 5) is 0. The topological polar surface area (TPSA) is 46.2 Å². The number of nitrogens with one attached hydrogen (secondary N) is 1. The molecule has 1 N–H and O–H groups in total. The molecule has 0 aromatic heterocycles. The van der Waals surface area contributed by atoms with E-state index in [0.29, 0.717) is 11.2 Å². The van der Waals surface area contributed by atoms with Crippen LogP contribution in [0.15, 0.2) is 0 Å². The van der Waals surface area contributed by atoms with Gasteiger partial charge in [-0.15, -0.1) is 0 Å². The molecule has 3 nitrogen and oxygen atoms in total. The molecule has 0 saturated heterocycles. The van der Waals surface area contributed by atoms with E-state index in [1.165, 1.54) is 6.26 Å². The molecule has 5 heteroatoms. The van der Waals surface area contributed by atoms with Gasteiger partial charge in [0.1, 0.15) is 0 Å². The number of rotatable bonds is 5. The lowest BCUT2D eigenvalue weighted by atomic mass is 10.1. The maximum absolute atomic E-state index is 10.9. The fourth-order valence-corrected chi connectivity index (χ4v) is 2.44. The Balaban J connectivity index is 4.01. The van der Waals surface area contributed by atoms with E-state index < -0.39 is 10.0 Å².